The number of halogens is 3. The van der Waals surface area contributed by atoms with E-state index in [1.54, 1.807) is 0 Å². The Balaban J connectivity index is 2.89. The topological polar surface area (TPSA) is 58.0 Å². The normalized spacial score (nSPS) is 11.6. The highest BCUT2D eigenvalue weighted by molar-refractivity contribution is 7.99. The van der Waals surface area contributed by atoms with Gasteiger partial charge in [-0.05, 0) is 6.42 Å². The second kappa shape index (κ2) is 6.06. The van der Waals surface area contributed by atoms with Gasteiger partial charge in [-0.15, -0.1) is 11.8 Å². The zero-order valence-corrected chi connectivity index (χ0v) is 9.90. The molecule has 0 unspecified atom stereocenters. The summed E-state index contributed by atoms with van der Waals surface area (Å²) in [5.41, 5.74) is 0. The molecule has 0 radical (unpaired) electrons. The van der Waals surface area contributed by atoms with E-state index in [4.69, 9.17) is 5.11 Å². The monoisotopic (exact) mass is 267 g/mol. The van der Waals surface area contributed by atoms with Crippen LogP contribution in [0.5, 0.6) is 0 Å². The van der Waals surface area contributed by atoms with Crippen molar-refractivity contribution >= 4 is 17.6 Å². The molecule has 0 amide bonds. The minimum absolute atomic E-state index is 0.00307. The predicted octanol–water partition coefficient (Wildman–Crippen LogP) is 2.01. The van der Waals surface area contributed by atoms with Gasteiger partial charge in [0.15, 0.2) is 0 Å². The molecule has 1 aromatic heterocycles. The number of aliphatic hydroxyl groups excluding tert-OH is 1. The molecule has 1 heterocycles. The van der Waals surface area contributed by atoms with Gasteiger partial charge in [-0.25, -0.2) is 9.97 Å². The molecule has 4 nitrogen and oxygen atoms in total. The van der Waals surface area contributed by atoms with Gasteiger partial charge in [-0.1, -0.05) is 0 Å². The lowest BCUT2D eigenvalue weighted by Gasteiger charge is -2.09. The molecule has 96 valence electrons. The highest BCUT2D eigenvalue weighted by atomic mass is 32.2. The van der Waals surface area contributed by atoms with Crippen LogP contribution in [-0.4, -0.2) is 34.5 Å². The number of hydrogen-bond acceptors (Lipinski definition) is 5. The van der Waals surface area contributed by atoms with Crippen LogP contribution in [0, 0.1) is 0 Å². The Morgan fingerprint density at radius 3 is 2.65 bits per heavy atom. The number of nitrogens with one attached hydrogen (secondary N) is 1. The first-order valence-electron chi connectivity index (χ1n) is 4.85. The lowest BCUT2D eigenvalue weighted by Crippen LogP contribution is -2.13. The molecule has 0 saturated heterocycles. The smallest absolute Gasteiger partial charge is 0.396 e. The van der Waals surface area contributed by atoms with Crippen molar-refractivity contribution in [2.24, 2.45) is 0 Å². The lowest BCUT2D eigenvalue weighted by atomic mass is 10.5. The van der Waals surface area contributed by atoms with Crippen molar-refractivity contribution in [3.8, 4) is 0 Å². The number of alkyl halides is 3. The average Bonchev–Trinajstić information content (AvgIpc) is 2.28. The van der Waals surface area contributed by atoms with Crippen LogP contribution in [0.25, 0.3) is 0 Å². The summed E-state index contributed by atoms with van der Waals surface area (Å²) >= 11 is 1.15. The quantitative estimate of drug-likeness (QED) is 0.485. The number of hydrogen-bond donors (Lipinski definition) is 2. The van der Waals surface area contributed by atoms with Crippen molar-refractivity contribution in [3.05, 3.63) is 11.9 Å². The number of nitrogens with zero attached hydrogens (tertiary/aromatic N) is 2. The Kier molecular flexibility index (Phi) is 5.01. The van der Waals surface area contributed by atoms with Crippen LogP contribution in [0.3, 0.4) is 0 Å². The van der Waals surface area contributed by atoms with Crippen LogP contribution in [0.1, 0.15) is 12.2 Å². The average molecular weight is 267 g/mol. The Morgan fingerprint density at radius 1 is 1.41 bits per heavy atom. The van der Waals surface area contributed by atoms with Crippen LogP contribution in [-0.2, 0) is 6.18 Å². The van der Waals surface area contributed by atoms with Crippen molar-refractivity contribution in [1.82, 2.24) is 9.97 Å². The van der Waals surface area contributed by atoms with Crippen LogP contribution in [0.2, 0.25) is 0 Å². The maximum Gasteiger partial charge on any atom is 0.451 e. The van der Waals surface area contributed by atoms with E-state index in [0.29, 0.717) is 12.2 Å². The first kappa shape index (κ1) is 14.0. The molecule has 0 aromatic carbocycles. The van der Waals surface area contributed by atoms with Gasteiger partial charge in [0.1, 0.15) is 10.8 Å². The predicted molar refractivity (Wildman–Crippen MR) is 59.0 cm³/mol. The Morgan fingerprint density at radius 2 is 2.12 bits per heavy atom. The summed E-state index contributed by atoms with van der Waals surface area (Å²) in [5, 5.41) is 11.4. The molecule has 0 atom stereocenters. The fourth-order valence-electron chi connectivity index (χ4n) is 0.995. The third-order valence-electron chi connectivity index (χ3n) is 1.76. The first-order chi connectivity index (χ1) is 7.97. The minimum atomic E-state index is -4.56. The summed E-state index contributed by atoms with van der Waals surface area (Å²) in [4.78, 5) is 6.77. The fraction of sp³-hybridized carbons (Fsp3) is 0.556. The van der Waals surface area contributed by atoms with Crippen molar-refractivity contribution in [1.29, 1.82) is 0 Å². The molecule has 1 aromatic rings. The molecule has 2 N–H and O–H groups in total. The second-order valence-corrected chi connectivity index (χ2v) is 4.20. The van der Waals surface area contributed by atoms with Gasteiger partial charge in [0, 0.05) is 25.5 Å². The van der Waals surface area contributed by atoms with Gasteiger partial charge < -0.3 is 10.4 Å². The molecule has 0 aliphatic carbocycles. The van der Waals surface area contributed by atoms with E-state index >= 15 is 0 Å². The van der Waals surface area contributed by atoms with Gasteiger partial charge >= 0.3 is 6.18 Å². The van der Waals surface area contributed by atoms with Crippen LogP contribution < -0.4 is 5.32 Å². The third-order valence-corrected chi connectivity index (χ3v) is 2.76. The minimum Gasteiger partial charge on any atom is -0.396 e. The summed E-state index contributed by atoms with van der Waals surface area (Å²) in [6.45, 7) is 0.00307. The Hall–Kier alpha value is -1.02. The summed E-state index contributed by atoms with van der Waals surface area (Å²) in [6.07, 6.45) is -4.05. The van der Waals surface area contributed by atoms with E-state index in [1.807, 2.05) is 0 Å². The molecule has 0 bridgehead atoms. The van der Waals surface area contributed by atoms with Gasteiger partial charge in [0.05, 0.1) is 0 Å². The maximum atomic E-state index is 12.5. The molecule has 0 spiro atoms. The highest BCUT2D eigenvalue weighted by Crippen LogP contribution is 2.29. The molecule has 0 fully saturated rings. The summed E-state index contributed by atoms with van der Waals surface area (Å²) in [5.74, 6) is -0.525. The molecule has 17 heavy (non-hydrogen) atoms. The second-order valence-electron chi connectivity index (χ2n) is 3.09. The van der Waals surface area contributed by atoms with Crippen molar-refractivity contribution < 1.29 is 18.3 Å². The fourth-order valence-corrected chi connectivity index (χ4v) is 1.82. The number of anilines is 1. The Labute approximate surface area is 101 Å². The Bertz CT molecular complexity index is 373. The van der Waals surface area contributed by atoms with Gasteiger partial charge in [-0.3, -0.25) is 0 Å². The lowest BCUT2D eigenvalue weighted by molar-refractivity contribution is -0.145. The van der Waals surface area contributed by atoms with E-state index in [0.717, 1.165) is 11.8 Å². The first-order valence-corrected chi connectivity index (χ1v) is 5.83. The van der Waals surface area contributed by atoms with Crippen LogP contribution in [0.4, 0.5) is 19.0 Å². The van der Waals surface area contributed by atoms with Gasteiger partial charge in [-0.2, -0.15) is 13.2 Å². The van der Waals surface area contributed by atoms with E-state index in [9.17, 15) is 13.2 Å². The maximum absolute atomic E-state index is 12.5. The molecular weight excluding hydrogens is 255 g/mol. The van der Waals surface area contributed by atoms with Crippen molar-refractivity contribution in [2.45, 2.75) is 17.6 Å². The molecule has 1 rings (SSSR count). The van der Waals surface area contributed by atoms with E-state index in [2.05, 4.69) is 15.3 Å². The molecule has 8 heteroatoms. The van der Waals surface area contributed by atoms with Crippen LogP contribution >= 0.6 is 11.8 Å². The summed E-state index contributed by atoms with van der Waals surface area (Å²) in [6, 6.07) is 1.44. The summed E-state index contributed by atoms with van der Waals surface area (Å²) in [7, 11) is 1.49. The largest absolute Gasteiger partial charge is 0.451 e. The van der Waals surface area contributed by atoms with E-state index < -0.39 is 12.0 Å². The molecular formula is C9H12F3N3OS. The number of thioether (sulfide) groups is 1. The van der Waals surface area contributed by atoms with E-state index in [1.165, 1.54) is 13.1 Å². The third kappa shape index (κ3) is 4.39. The number of aromatic nitrogens is 2. The number of aliphatic hydroxyl groups is 1. The van der Waals surface area contributed by atoms with Gasteiger partial charge in [0.2, 0.25) is 5.82 Å². The zero-order chi connectivity index (χ0) is 12.9. The van der Waals surface area contributed by atoms with Crippen LogP contribution in [0.15, 0.2) is 11.1 Å². The molecule has 0 saturated carbocycles. The summed E-state index contributed by atoms with van der Waals surface area (Å²) < 4.78 is 37.4. The van der Waals surface area contributed by atoms with Gasteiger partial charge in [0.25, 0.3) is 0 Å². The molecule has 0 aliphatic rings. The van der Waals surface area contributed by atoms with Crippen molar-refractivity contribution in [3.63, 3.8) is 0 Å². The highest BCUT2D eigenvalue weighted by Gasteiger charge is 2.35. The molecule has 0 aliphatic heterocycles. The zero-order valence-electron chi connectivity index (χ0n) is 9.08. The SMILES string of the molecule is CNc1cc(SCCCO)nc(C(F)(F)F)n1. The van der Waals surface area contributed by atoms with E-state index in [-0.39, 0.29) is 17.5 Å². The van der Waals surface area contributed by atoms with Crippen molar-refractivity contribution in [2.75, 3.05) is 24.7 Å². The number of rotatable bonds is 5. The standard InChI is InChI=1S/C9H12F3N3OS/c1-13-6-5-7(17-4-2-3-16)15-8(14-6)9(10,11)12/h5,16H,2-4H2,1H3,(H,13,14,15).